The first kappa shape index (κ1) is 19.0. The second-order valence-electron chi connectivity index (χ2n) is 7.58. The zero-order chi connectivity index (χ0) is 18.6. The molecule has 1 N–H and O–H groups in total. The summed E-state index contributed by atoms with van der Waals surface area (Å²) in [4.78, 5) is 12.5. The molecule has 1 atom stereocenters. The van der Waals surface area contributed by atoms with Crippen LogP contribution in [0, 0.1) is 13.8 Å². The maximum Gasteiger partial charge on any atom is 0.265 e. The van der Waals surface area contributed by atoms with Gasteiger partial charge in [0.2, 0.25) is 0 Å². The highest BCUT2D eigenvalue weighted by Gasteiger charge is 2.19. The third kappa shape index (κ3) is 5.09. The Morgan fingerprint density at radius 3 is 2.20 bits per heavy atom. The van der Waals surface area contributed by atoms with Crippen molar-refractivity contribution >= 4 is 11.6 Å². The van der Waals surface area contributed by atoms with E-state index in [0.29, 0.717) is 6.42 Å². The molecule has 0 aliphatic heterocycles. The van der Waals surface area contributed by atoms with E-state index in [-0.39, 0.29) is 11.3 Å². The van der Waals surface area contributed by atoms with Crippen molar-refractivity contribution in [1.82, 2.24) is 0 Å². The number of rotatable bonds is 5. The summed E-state index contributed by atoms with van der Waals surface area (Å²) < 4.78 is 5.91. The third-order valence-electron chi connectivity index (χ3n) is 4.44. The van der Waals surface area contributed by atoms with Crippen LogP contribution in [0.3, 0.4) is 0 Å². The predicted octanol–water partition coefficient (Wildman–Crippen LogP) is 5.40. The maximum absolute atomic E-state index is 12.5. The standard InChI is InChI=1S/C22H29NO2/c1-7-20(21(24)23-18-11-8-15(2)16(3)14-18)25-19-12-9-17(10-13-19)22(4,5)6/h8-14,20H,7H2,1-6H3,(H,23,24)/t20-/m1/s1. The van der Waals surface area contributed by atoms with Crippen LogP contribution in [0.5, 0.6) is 5.75 Å². The molecule has 0 aliphatic carbocycles. The average molecular weight is 339 g/mol. The van der Waals surface area contributed by atoms with Gasteiger partial charge in [0.15, 0.2) is 6.10 Å². The lowest BCUT2D eigenvalue weighted by Gasteiger charge is -2.21. The molecule has 0 spiro atoms. The van der Waals surface area contributed by atoms with Crippen LogP contribution < -0.4 is 10.1 Å². The Balaban J connectivity index is 2.05. The fraction of sp³-hybridized carbons (Fsp3) is 0.409. The number of carbonyl (C=O) groups excluding carboxylic acids is 1. The molecule has 3 heteroatoms. The minimum atomic E-state index is -0.512. The number of carbonyl (C=O) groups is 1. The highest BCUT2D eigenvalue weighted by Crippen LogP contribution is 2.25. The Labute approximate surface area is 151 Å². The average Bonchev–Trinajstić information content (AvgIpc) is 2.55. The number of hydrogen-bond donors (Lipinski definition) is 1. The van der Waals surface area contributed by atoms with Crippen LogP contribution in [0.25, 0.3) is 0 Å². The lowest BCUT2D eigenvalue weighted by atomic mass is 9.87. The lowest BCUT2D eigenvalue weighted by molar-refractivity contribution is -0.122. The quantitative estimate of drug-likeness (QED) is 0.792. The second kappa shape index (κ2) is 7.73. The topological polar surface area (TPSA) is 38.3 Å². The smallest absolute Gasteiger partial charge is 0.265 e. The van der Waals surface area contributed by atoms with Gasteiger partial charge in [-0.2, -0.15) is 0 Å². The number of hydrogen-bond acceptors (Lipinski definition) is 2. The number of aryl methyl sites for hydroxylation is 2. The molecule has 2 rings (SSSR count). The molecule has 0 heterocycles. The molecule has 1 amide bonds. The van der Waals surface area contributed by atoms with Gasteiger partial charge in [0.1, 0.15) is 5.75 Å². The van der Waals surface area contributed by atoms with E-state index in [9.17, 15) is 4.79 Å². The van der Waals surface area contributed by atoms with E-state index >= 15 is 0 Å². The molecule has 0 aromatic heterocycles. The normalized spacial score (nSPS) is 12.6. The highest BCUT2D eigenvalue weighted by atomic mass is 16.5. The predicted molar refractivity (Wildman–Crippen MR) is 104 cm³/mol. The van der Waals surface area contributed by atoms with Crippen LogP contribution in [0.2, 0.25) is 0 Å². The van der Waals surface area contributed by atoms with Gasteiger partial charge in [-0.1, -0.05) is 45.9 Å². The number of amides is 1. The van der Waals surface area contributed by atoms with Crippen LogP contribution in [-0.2, 0) is 10.2 Å². The molecule has 0 saturated carbocycles. The molecule has 0 saturated heterocycles. The van der Waals surface area contributed by atoms with E-state index < -0.39 is 6.10 Å². The van der Waals surface area contributed by atoms with Crippen LogP contribution in [0.1, 0.15) is 50.8 Å². The molecule has 3 nitrogen and oxygen atoms in total. The highest BCUT2D eigenvalue weighted by molar-refractivity contribution is 5.94. The summed E-state index contributed by atoms with van der Waals surface area (Å²) in [5.41, 5.74) is 4.51. The first-order valence-electron chi connectivity index (χ1n) is 8.86. The molecular weight excluding hydrogens is 310 g/mol. The van der Waals surface area contributed by atoms with Crippen LogP contribution >= 0.6 is 0 Å². The number of anilines is 1. The third-order valence-corrected chi connectivity index (χ3v) is 4.44. The first-order valence-corrected chi connectivity index (χ1v) is 8.86. The van der Waals surface area contributed by atoms with Gasteiger partial charge in [0, 0.05) is 5.69 Å². The molecule has 134 valence electrons. The Bertz CT molecular complexity index is 727. The van der Waals surface area contributed by atoms with Crippen molar-refractivity contribution < 1.29 is 9.53 Å². The summed E-state index contributed by atoms with van der Waals surface area (Å²) in [6.45, 7) is 12.6. The SMILES string of the molecule is CC[C@@H](Oc1ccc(C(C)(C)C)cc1)C(=O)Nc1ccc(C)c(C)c1. The van der Waals surface area contributed by atoms with Gasteiger partial charge < -0.3 is 10.1 Å². The molecule has 25 heavy (non-hydrogen) atoms. The first-order chi connectivity index (χ1) is 11.7. The summed E-state index contributed by atoms with van der Waals surface area (Å²) in [7, 11) is 0. The second-order valence-corrected chi connectivity index (χ2v) is 7.58. The van der Waals surface area contributed by atoms with Crippen LogP contribution in [0.4, 0.5) is 5.69 Å². The molecule has 0 fully saturated rings. The summed E-state index contributed by atoms with van der Waals surface area (Å²) in [5, 5.41) is 2.95. The minimum absolute atomic E-state index is 0.101. The van der Waals surface area contributed by atoms with Crippen molar-refractivity contribution in [2.24, 2.45) is 0 Å². The van der Waals surface area contributed by atoms with E-state index in [1.165, 1.54) is 11.1 Å². The van der Waals surface area contributed by atoms with E-state index in [0.717, 1.165) is 17.0 Å². The number of nitrogens with one attached hydrogen (secondary N) is 1. The van der Waals surface area contributed by atoms with Gasteiger partial charge in [0.25, 0.3) is 5.91 Å². The molecule has 0 unspecified atom stereocenters. The summed E-state index contributed by atoms with van der Waals surface area (Å²) in [5.74, 6) is 0.598. The Morgan fingerprint density at radius 1 is 1.04 bits per heavy atom. The van der Waals surface area contributed by atoms with Crippen molar-refractivity contribution in [2.45, 2.75) is 59.5 Å². The Hall–Kier alpha value is -2.29. The van der Waals surface area contributed by atoms with Crippen molar-refractivity contribution in [3.63, 3.8) is 0 Å². The zero-order valence-electron chi connectivity index (χ0n) is 16.1. The number of ether oxygens (including phenoxy) is 1. The lowest BCUT2D eigenvalue weighted by Crippen LogP contribution is -2.32. The van der Waals surface area contributed by atoms with E-state index in [2.05, 4.69) is 45.1 Å². The Morgan fingerprint density at radius 2 is 1.68 bits per heavy atom. The van der Waals surface area contributed by atoms with Gasteiger partial charge in [0.05, 0.1) is 0 Å². The van der Waals surface area contributed by atoms with E-state index in [1.54, 1.807) is 0 Å². The largest absolute Gasteiger partial charge is 0.481 e. The molecule has 0 bridgehead atoms. The Kier molecular flexibility index (Phi) is 5.89. The fourth-order valence-electron chi connectivity index (χ4n) is 2.56. The monoisotopic (exact) mass is 339 g/mol. The van der Waals surface area contributed by atoms with Crippen LogP contribution in [-0.4, -0.2) is 12.0 Å². The summed E-state index contributed by atoms with van der Waals surface area (Å²) in [6, 6.07) is 13.9. The summed E-state index contributed by atoms with van der Waals surface area (Å²) in [6.07, 6.45) is 0.0969. The summed E-state index contributed by atoms with van der Waals surface area (Å²) >= 11 is 0. The van der Waals surface area contributed by atoms with Gasteiger partial charge in [-0.15, -0.1) is 0 Å². The van der Waals surface area contributed by atoms with Gasteiger partial charge in [-0.05, 0) is 66.6 Å². The molecular formula is C22H29NO2. The van der Waals surface area contributed by atoms with Crippen LogP contribution in [0.15, 0.2) is 42.5 Å². The molecule has 0 radical (unpaired) electrons. The maximum atomic E-state index is 12.5. The molecule has 0 aliphatic rings. The van der Waals surface area contributed by atoms with E-state index in [1.807, 2.05) is 44.2 Å². The van der Waals surface area contributed by atoms with Crippen molar-refractivity contribution in [2.75, 3.05) is 5.32 Å². The van der Waals surface area contributed by atoms with Crippen molar-refractivity contribution in [1.29, 1.82) is 0 Å². The van der Waals surface area contributed by atoms with Crippen molar-refractivity contribution in [3.05, 3.63) is 59.2 Å². The van der Waals surface area contributed by atoms with Gasteiger partial charge >= 0.3 is 0 Å². The van der Waals surface area contributed by atoms with Crippen molar-refractivity contribution in [3.8, 4) is 5.75 Å². The van der Waals surface area contributed by atoms with E-state index in [4.69, 9.17) is 4.74 Å². The van der Waals surface area contributed by atoms with Gasteiger partial charge in [-0.25, -0.2) is 0 Å². The minimum Gasteiger partial charge on any atom is -0.481 e. The number of benzene rings is 2. The zero-order valence-corrected chi connectivity index (χ0v) is 16.1. The van der Waals surface area contributed by atoms with Gasteiger partial charge in [-0.3, -0.25) is 4.79 Å². The fourth-order valence-corrected chi connectivity index (χ4v) is 2.56. The molecule has 2 aromatic rings. The molecule has 2 aromatic carbocycles.